The number of fused-ring (bicyclic) bond motifs is 1. The van der Waals surface area contributed by atoms with Crippen molar-refractivity contribution in [2.75, 3.05) is 5.32 Å². The van der Waals surface area contributed by atoms with E-state index in [1.165, 1.54) is 16.7 Å². The maximum absolute atomic E-state index is 9.64. The maximum Gasteiger partial charge on any atom is 0.154 e. The summed E-state index contributed by atoms with van der Waals surface area (Å²) < 4.78 is 1.82. The summed E-state index contributed by atoms with van der Waals surface area (Å²) in [6.45, 7) is 4.92. The molecule has 2 aromatic heterocycles. The summed E-state index contributed by atoms with van der Waals surface area (Å²) in [5.74, 6) is 0.781. The van der Waals surface area contributed by atoms with Gasteiger partial charge in [0.2, 0.25) is 0 Å². The van der Waals surface area contributed by atoms with E-state index < -0.39 is 0 Å². The maximum atomic E-state index is 9.64. The molecule has 0 fully saturated rings. The van der Waals surface area contributed by atoms with Gasteiger partial charge in [-0.25, -0.2) is 9.50 Å². The van der Waals surface area contributed by atoms with Crippen LogP contribution in [0.15, 0.2) is 60.8 Å². The summed E-state index contributed by atoms with van der Waals surface area (Å²) >= 11 is 0. The first kappa shape index (κ1) is 17.2. The molecule has 27 heavy (non-hydrogen) atoms. The van der Waals surface area contributed by atoms with E-state index in [0.29, 0.717) is 6.54 Å². The van der Waals surface area contributed by atoms with E-state index in [-0.39, 0.29) is 6.61 Å². The van der Waals surface area contributed by atoms with Crippen molar-refractivity contribution >= 4 is 11.5 Å². The highest BCUT2D eigenvalue weighted by molar-refractivity contribution is 5.67. The number of aliphatic hydroxyl groups is 1. The molecule has 0 aliphatic heterocycles. The molecule has 0 atom stereocenters. The highest BCUT2D eigenvalue weighted by Crippen LogP contribution is 2.25. The van der Waals surface area contributed by atoms with Crippen molar-refractivity contribution in [3.05, 3.63) is 83.0 Å². The third-order valence-corrected chi connectivity index (χ3v) is 4.78. The molecule has 2 heterocycles. The Bertz CT molecular complexity index is 1100. The third-order valence-electron chi connectivity index (χ3n) is 4.78. The Balaban J connectivity index is 1.66. The zero-order chi connectivity index (χ0) is 18.8. The van der Waals surface area contributed by atoms with Crippen LogP contribution in [0, 0.1) is 13.8 Å². The van der Waals surface area contributed by atoms with Crippen molar-refractivity contribution in [3.63, 3.8) is 0 Å². The number of hydrogen-bond donors (Lipinski definition) is 2. The molecule has 0 saturated heterocycles. The van der Waals surface area contributed by atoms with Gasteiger partial charge < -0.3 is 10.4 Å². The smallest absolute Gasteiger partial charge is 0.154 e. The molecule has 4 rings (SSSR count). The quantitative estimate of drug-likeness (QED) is 0.563. The second-order valence-corrected chi connectivity index (χ2v) is 6.73. The number of imidazole rings is 1. The summed E-state index contributed by atoms with van der Waals surface area (Å²) in [5.41, 5.74) is 7.21. The lowest BCUT2D eigenvalue weighted by Crippen LogP contribution is -2.06. The van der Waals surface area contributed by atoms with Crippen molar-refractivity contribution < 1.29 is 5.11 Å². The van der Waals surface area contributed by atoms with Crippen LogP contribution >= 0.6 is 0 Å². The largest absolute Gasteiger partial charge is 0.392 e. The van der Waals surface area contributed by atoms with Crippen LogP contribution in [-0.2, 0) is 13.2 Å². The Kier molecular flexibility index (Phi) is 4.60. The number of aromatic nitrogens is 3. The van der Waals surface area contributed by atoms with E-state index in [4.69, 9.17) is 5.10 Å². The first-order valence-electron chi connectivity index (χ1n) is 8.99. The molecule has 4 aromatic rings. The van der Waals surface area contributed by atoms with Crippen molar-refractivity contribution in [2.24, 2.45) is 0 Å². The van der Waals surface area contributed by atoms with Crippen LogP contribution in [0.1, 0.15) is 22.3 Å². The highest BCUT2D eigenvalue weighted by atomic mass is 16.3. The van der Waals surface area contributed by atoms with Gasteiger partial charge in [-0.3, -0.25) is 0 Å². The van der Waals surface area contributed by atoms with E-state index in [2.05, 4.69) is 42.3 Å². The number of anilines is 1. The van der Waals surface area contributed by atoms with Gasteiger partial charge in [0.1, 0.15) is 5.82 Å². The van der Waals surface area contributed by atoms with Gasteiger partial charge in [0.05, 0.1) is 18.5 Å². The fourth-order valence-electron chi connectivity index (χ4n) is 3.29. The van der Waals surface area contributed by atoms with Crippen molar-refractivity contribution in [3.8, 4) is 11.3 Å². The zero-order valence-electron chi connectivity index (χ0n) is 15.5. The molecule has 0 bridgehead atoms. The van der Waals surface area contributed by atoms with Gasteiger partial charge in [-0.1, -0.05) is 48.0 Å². The highest BCUT2D eigenvalue weighted by Gasteiger charge is 2.11. The van der Waals surface area contributed by atoms with Gasteiger partial charge in [0.25, 0.3) is 0 Å². The van der Waals surface area contributed by atoms with Gasteiger partial charge in [-0.05, 0) is 42.7 Å². The number of nitrogens with zero attached hydrogens (tertiary/aromatic N) is 3. The molecule has 0 saturated carbocycles. The van der Waals surface area contributed by atoms with Gasteiger partial charge in [-0.2, -0.15) is 0 Å². The summed E-state index contributed by atoms with van der Waals surface area (Å²) in [4.78, 5) is 4.44. The van der Waals surface area contributed by atoms with Crippen LogP contribution in [-0.4, -0.2) is 19.7 Å². The molecular weight excluding hydrogens is 336 g/mol. The Labute approximate surface area is 158 Å². The van der Waals surface area contributed by atoms with Crippen LogP contribution < -0.4 is 5.32 Å². The first-order chi connectivity index (χ1) is 13.2. The van der Waals surface area contributed by atoms with E-state index in [1.54, 1.807) is 6.20 Å². The number of aryl methyl sites for hydroxylation is 2. The number of aliphatic hydroxyl groups excluding tert-OH is 1. The SMILES string of the molecule is Cc1ccc(CNc2ccc3ncc(-c4ccccc4CO)n3n2)c(C)c1. The number of nitrogens with one attached hydrogen (secondary N) is 1. The third kappa shape index (κ3) is 3.41. The average Bonchev–Trinajstić information content (AvgIpc) is 3.10. The Hall–Kier alpha value is -3.18. The lowest BCUT2D eigenvalue weighted by Gasteiger charge is -2.10. The van der Waals surface area contributed by atoms with Crippen molar-refractivity contribution in [2.45, 2.75) is 27.0 Å². The molecule has 2 N–H and O–H groups in total. The average molecular weight is 358 g/mol. The second-order valence-electron chi connectivity index (χ2n) is 6.73. The zero-order valence-corrected chi connectivity index (χ0v) is 15.5. The summed E-state index contributed by atoms with van der Waals surface area (Å²) in [6, 6.07) is 18.1. The lowest BCUT2D eigenvalue weighted by atomic mass is 10.1. The van der Waals surface area contributed by atoms with E-state index in [1.807, 2.05) is 40.9 Å². The molecule has 0 spiro atoms. The Morgan fingerprint density at radius 1 is 1.00 bits per heavy atom. The van der Waals surface area contributed by atoms with E-state index >= 15 is 0 Å². The van der Waals surface area contributed by atoms with E-state index in [9.17, 15) is 5.11 Å². The normalized spacial score (nSPS) is 11.1. The van der Waals surface area contributed by atoms with Crippen LogP contribution in [0.4, 0.5) is 5.82 Å². The van der Waals surface area contributed by atoms with Crippen molar-refractivity contribution in [1.82, 2.24) is 14.6 Å². The molecule has 5 heteroatoms. The minimum Gasteiger partial charge on any atom is -0.392 e. The van der Waals surface area contributed by atoms with Gasteiger partial charge in [0.15, 0.2) is 5.65 Å². The first-order valence-corrected chi connectivity index (χ1v) is 8.99. The summed E-state index contributed by atoms with van der Waals surface area (Å²) in [7, 11) is 0. The van der Waals surface area contributed by atoms with Gasteiger partial charge in [-0.15, -0.1) is 5.10 Å². The standard InChI is InChI=1S/C22H22N4O/c1-15-7-8-17(16(2)11-15)12-23-21-9-10-22-24-13-20(26(22)25-21)19-6-4-3-5-18(19)14-27/h3-11,13,27H,12,14H2,1-2H3,(H,23,25). The molecule has 0 unspecified atom stereocenters. The monoisotopic (exact) mass is 358 g/mol. The van der Waals surface area contributed by atoms with Crippen LogP contribution in [0.25, 0.3) is 16.9 Å². The summed E-state index contributed by atoms with van der Waals surface area (Å²) in [6.07, 6.45) is 1.80. The minimum absolute atomic E-state index is 0.0198. The van der Waals surface area contributed by atoms with Gasteiger partial charge >= 0.3 is 0 Å². The molecule has 0 radical (unpaired) electrons. The molecule has 0 aliphatic carbocycles. The molecule has 2 aromatic carbocycles. The fraction of sp³-hybridized carbons (Fsp3) is 0.182. The summed E-state index contributed by atoms with van der Waals surface area (Å²) in [5, 5.41) is 17.7. The van der Waals surface area contributed by atoms with Crippen LogP contribution in [0.3, 0.4) is 0 Å². The molecule has 136 valence electrons. The molecular formula is C22H22N4O. The Morgan fingerprint density at radius 3 is 2.67 bits per heavy atom. The fourth-order valence-corrected chi connectivity index (χ4v) is 3.29. The second kappa shape index (κ2) is 7.21. The number of rotatable bonds is 5. The predicted octanol–water partition coefficient (Wildman–Crippen LogP) is 4.12. The lowest BCUT2D eigenvalue weighted by molar-refractivity contribution is 0.282. The molecule has 0 aliphatic rings. The Morgan fingerprint density at radius 2 is 1.85 bits per heavy atom. The molecule has 0 amide bonds. The van der Waals surface area contributed by atoms with Gasteiger partial charge in [0, 0.05) is 12.1 Å². The van der Waals surface area contributed by atoms with E-state index in [0.717, 1.165) is 28.3 Å². The van der Waals surface area contributed by atoms with Crippen LogP contribution in [0.5, 0.6) is 0 Å². The molecule has 5 nitrogen and oxygen atoms in total. The van der Waals surface area contributed by atoms with Crippen LogP contribution in [0.2, 0.25) is 0 Å². The topological polar surface area (TPSA) is 62.5 Å². The number of benzene rings is 2. The van der Waals surface area contributed by atoms with Crippen molar-refractivity contribution in [1.29, 1.82) is 0 Å². The minimum atomic E-state index is -0.0198. The number of hydrogen-bond acceptors (Lipinski definition) is 4. The predicted molar refractivity (Wildman–Crippen MR) is 108 cm³/mol.